The van der Waals surface area contributed by atoms with Crippen LogP contribution in [0.15, 0.2) is 47.2 Å². The number of pyridine rings is 1. The van der Waals surface area contributed by atoms with Gasteiger partial charge < -0.3 is 15.1 Å². The lowest BCUT2D eigenvalue weighted by Crippen LogP contribution is -2.50. The van der Waals surface area contributed by atoms with Gasteiger partial charge in [-0.3, -0.25) is 14.6 Å². The predicted molar refractivity (Wildman–Crippen MR) is 85.6 cm³/mol. The lowest BCUT2D eigenvalue weighted by atomic mass is 10.0. The first-order valence-electron chi connectivity index (χ1n) is 7.54. The number of nitrogens with one attached hydrogen (secondary N) is 2. The molecule has 0 bridgehead atoms. The first-order valence-corrected chi connectivity index (χ1v) is 7.54. The molecule has 0 aliphatic carbocycles. The number of hydrogen-bond donors (Lipinski definition) is 2. The third-order valence-corrected chi connectivity index (χ3v) is 3.47. The summed E-state index contributed by atoms with van der Waals surface area (Å²) in [5.74, 6) is -0.543. The van der Waals surface area contributed by atoms with Crippen LogP contribution in [0.3, 0.4) is 0 Å². The molecule has 2 atom stereocenters. The monoisotopic (exact) mass is 315 g/mol. The molecule has 2 unspecified atom stereocenters. The summed E-state index contributed by atoms with van der Waals surface area (Å²) in [5.41, 5.74) is 0.765. The van der Waals surface area contributed by atoms with E-state index in [0.29, 0.717) is 0 Å². The highest BCUT2D eigenvalue weighted by Gasteiger charge is 2.26. The molecule has 0 saturated heterocycles. The molecule has 6 nitrogen and oxygen atoms in total. The van der Waals surface area contributed by atoms with Gasteiger partial charge in [0.2, 0.25) is 5.91 Å². The van der Waals surface area contributed by atoms with Gasteiger partial charge in [-0.05, 0) is 37.1 Å². The summed E-state index contributed by atoms with van der Waals surface area (Å²) in [7, 11) is 0. The highest BCUT2D eigenvalue weighted by Crippen LogP contribution is 2.11. The van der Waals surface area contributed by atoms with E-state index in [1.54, 1.807) is 18.3 Å². The van der Waals surface area contributed by atoms with Crippen molar-refractivity contribution in [1.29, 1.82) is 0 Å². The van der Waals surface area contributed by atoms with Crippen LogP contribution in [0.2, 0.25) is 0 Å². The van der Waals surface area contributed by atoms with Crippen molar-refractivity contribution in [3.05, 3.63) is 54.2 Å². The number of carbonyl (C=O) groups is 2. The van der Waals surface area contributed by atoms with Crippen molar-refractivity contribution in [2.45, 2.75) is 32.9 Å². The molecule has 2 aromatic rings. The van der Waals surface area contributed by atoms with Gasteiger partial charge in [0.25, 0.3) is 5.91 Å². The Kier molecular flexibility index (Phi) is 5.51. The minimum atomic E-state index is -0.654. The summed E-state index contributed by atoms with van der Waals surface area (Å²) in [6, 6.07) is 7.81. The molecule has 0 saturated carbocycles. The largest absolute Gasteiger partial charge is 0.459 e. The van der Waals surface area contributed by atoms with Gasteiger partial charge >= 0.3 is 0 Å². The van der Waals surface area contributed by atoms with E-state index in [-0.39, 0.29) is 23.6 Å². The zero-order valence-corrected chi connectivity index (χ0v) is 13.4. The molecule has 0 aliphatic heterocycles. The molecular formula is C17H21N3O3. The Morgan fingerprint density at radius 2 is 1.87 bits per heavy atom. The topological polar surface area (TPSA) is 84.2 Å². The molecular weight excluding hydrogens is 294 g/mol. The zero-order chi connectivity index (χ0) is 16.8. The van der Waals surface area contributed by atoms with Crippen molar-refractivity contribution in [1.82, 2.24) is 15.6 Å². The second kappa shape index (κ2) is 7.58. The van der Waals surface area contributed by atoms with Crippen molar-refractivity contribution >= 4 is 11.8 Å². The minimum absolute atomic E-state index is 0.0650. The lowest BCUT2D eigenvalue weighted by Gasteiger charge is -2.23. The Labute approximate surface area is 135 Å². The smallest absolute Gasteiger partial charge is 0.287 e. The fraction of sp³-hybridized carbons (Fsp3) is 0.353. The summed E-state index contributed by atoms with van der Waals surface area (Å²) < 4.78 is 5.05. The van der Waals surface area contributed by atoms with Crippen molar-refractivity contribution in [2.24, 2.45) is 5.92 Å². The standard InChI is InChI=1S/C17H21N3O3/c1-11(2)15(20-16(21)14-8-6-10-23-14)17(22)19-12(3)13-7-4-5-9-18-13/h4-12,15H,1-3H3,(H,19,22)(H,20,21). The molecule has 0 aromatic carbocycles. The summed E-state index contributed by atoms with van der Waals surface area (Å²) in [6.45, 7) is 5.60. The lowest BCUT2D eigenvalue weighted by molar-refractivity contribution is -0.124. The SMILES string of the molecule is CC(NC(=O)C(NC(=O)c1ccco1)C(C)C)c1ccccn1. The average molecular weight is 315 g/mol. The van der Waals surface area contributed by atoms with Gasteiger partial charge in [0, 0.05) is 6.20 Å². The predicted octanol–water partition coefficient (Wildman–Crippen LogP) is 2.31. The highest BCUT2D eigenvalue weighted by molar-refractivity contribution is 5.95. The van der Waals surface area contributed by atoms with Crippen molar-refractivity contribution in [3.8, 4) is 0 Å². The molecule has 6 heteroatoms. The van der Waals surface area contributed by atoms with E-state index >= 15 is 0 Å². The normalized spacial score (nSPS) is 13.4. The molecule has 2 amide bonds. The number of carbonyl (C=O) groups excluding carboxylic acids is 2. The Bertz CT molecular complexity index is 638. The van der Waals surface area contributed by atoms with Crippen molar-refractivity contribution in [3.63, 3.8) is 0 Å². The number of furan rings is 1. The third-order valence-electron chi connectivity index (χ3n) is 3.47. The van der Waals surface area contributed by atoms with E-state index < -0.39 is 11.9 Å². The Hall–Kier alpha value is -2.63. The second-order valence-electron chi connectivity index (χ2n) is 5.66. The molecule has 2 heterocycles. The summed E-state index contributed by atoms with van der Waals surface area (Å²) >= 11 is 0. The molecule has 2 rings (SSSR count). The molecule has 0 spiro atoms. The van der Waals surface area contributed by atoms with Gasteiger partial charge in [-0.15, -0.1) is 0 Å². The fourth-order valence-corrected chi connectivity index (χ4v) is 2.16. The van der Waals surface area contributed by atoms with Gasteiger partial charge in [0.1, 0.15) is 6.04 Å². The summed E-state index contributed by atoms with van der Waals surface area (Å²) in [4.78, 5) is 28.8. The number of nitrogens with zero attached hydrogens (tertiary/aromatic N) is 1. The number of hydrogen-bond acceptors (Lipinski definition) is 4. The zero-order valence-electron chi connectivity index (χ0n) is 13.4. The van der Waals surface area contributed by atoms with E-state index in [1.807, 2.05) is 39.0 Å². The van der Waals surface area contributed by atoms with Gasteiger partial charge in [-0.2, -0.15) is 0 Å². The van der Waals surface area contributed by atoms with E-state index in [0.717, 1.165) is 5.69 Å². The highest BCUT2D eigenvalue weighted by atomic mass is 16.3. The second-order valence-corrected chi connectivity index (χ2v) is 5.66. The van der Waals surface area contributed by atoms with Crippen LogP contribution in [-0.2, 0) is 4.79 Å². The maximum absolute atomic E-state index is 12.5. The van der Waals surface area contributed by atoms with E-state index in [4.69, 9.17) is 4.42 Å². The molecule has 23 heavy (non-hydrogen) atoms. The van der Waals surface area contributed by atoms with Crippen LogP contribution in [-0.4, -0.2) is 22.8 Å². The van der Waals surface area contributed by atoms with Crippen LogP contribution in [0.1, 0.15) is 43.1 Å². The van der Waals surface area contributed by atoms with E-state index in [9.17, 15) is 9.59 Å². The van der Waals surface area contributed by atoms with Crippen LogP contribution in [0, 0.1) is 5.92 Å². The molecule has 0 radical (unpaired) electrons. The first kappa shape index (κ1) is 16.7. The Balaban J connectivity index is 2.02. The quantitative estimate of drug-likeness (QED) is 0.856. The minimum Gasteiger partial charge on any atom is -0.459 e. The molecule has 0 aliphatic rings. The molecule has 122 valence electrons. The van der Waals surface area contributed by atoms with Gasteiger partial charge in [-0.1, -0.05) is 19.9 Å². The summed E-state index contributed by atoms with van der Waals surface area (Å²) in [5, 5.41) is 5.59. The van der Waals surface area contributed by atoms with Crippen LogP contribution >= 0.6 is 0 Å². The van der Waals surface area contributed by atoms with Crippen LogP contribution in [0.25, 0.3) is 0 Å². The number of amides is 2. The van der Waals surface area contributed by atoms with Gasteiger partial charge in [-0.25, -0.2) is 0 Å². The van der Waals surface area contributed by atoms with Crippen LogP contribution in [0.5, 0.6) is 0 Å². The molecule has 2 N–H and O–H groups in total. The van der Waals surface area contributed by atoms with Crippen molar-refractivity contribution in [2.75, 3.05) is 0 Å². The van der Waals surface area contributed by atoms with Crippen molar-refractivity contribution < 1.29 is 14.0 Å². The average Bonchev–Trinajstić information content (AvgIpc) is 3.07. The third kappa shape index (κ3) is 4.42. The number of rotatable bonds is 6. The molecule has 2 aromatic heterocycles. The van der Waals surface area contributed by atoms with Gasteiger partial charge in [0.05, 0.1) is 18.0 Å². The van der Waals surface area contributed by atoms with Gasteiger partial charge in [0.15, 0.2) is 5.76 Å². The Morgan fingerprint density at radius 3 is 2.43 bits per heavy atom. The van der Waals surface area contributed by atoms with E-state index in [1.165, 1.54) is 6.26 Å². The van der Waals surface area contributed by atoms with Crippen LogP contribution < -0.4 is 10.6 Å². The van der Waals surface area contributed by atoms with E-state index in [2.05, 4.69) is 15.6 Å². The fourth-order valence-electron chi connectivity index (χ4n) is 2.16. The maximum atomic E-state index is 12.5. The maximum Gasteiger partial charge on any atom is 0.287 e. The molecule has 0 fully saturated rings. The van der Waals surface area contributed by atoms with Crippen LogP contribution in [0.4, 0.5) is 0 Å². The Morgan fingerprint density at radius 1 is 1.09 bits per heavy atom. The summed E-state index contributed by atoms with van der Waals surface area (Å²) in [6.07, 6.45) is 3.10. The first-order chi connectivity index (χ1) is 11.0. The number of aromatic nitrogens is 1.